The van der Waals surface area contributed by atoms with E-state index in [0.29, 0.717) is 12.8 Å². The fourth-order valence-corrected chi connectivity index (χ4v) is 9.82. The Morgan fingerprint density at radius 3 is 1.27 bits per heavy atom. The Balaban J connectivity index is 1.36. The van der Waals surface area contributed by atoms with Crippen molar-refractivity contribution in [3.05, 3.63) is 12.2 Å². The lowest BCUT2D eigenvalue weighted by atomic mass is 9.96. The minimum atomic E-state index is -1.97. The molecule has 3 saturated heterocycles. The molecule has 0 radical (unpaired) electrons. The van der Waals surface area contributed by atoms with Gasteiger partial charge in [0.1, 0.15) is 73.2 Å². The fraction of sp³-hybridized carbons (Fsp3) is 0.944. The predicted octanol–water partition coefficient (Wildman–Crippen LogP) is 3.82. The quantitative estimate of drug-likeness (QED) is 0.0306. The van der Waals surface area contributed by atoms with Gasteiger partial charge >= 0.3 is 0 Å². The Labute approximate surface area is 436 Å². The zero-order valence-corrected chi connectivity index (χ0v) is 44.4. The van der Waals surface area contributed by atoms with Crippen LogP contribution in [0.5, 0.6) is 0 Å². The number of rotatable bonds is 41. The minimum Gasteiger partial charge on any atom is -0.394 e. The molecular formula is C54H101NO18. The van der Waals surface area contributed by atoms with Crippen LogP contribution in [0, 0.1) is 0 Å². The zero-order chi connectivity index (χ0) is 53.4. The van der Waals surface area contributed by atoms with Crippen molar-refractivity contribution in [2.24, 2.45) is 0 Å². The van der Waals surface area contributed by atoms with Crippen molar-refractivity contribution in [2.45, 2.75) is 298 Å². The van der Waals surface area contributed by atoms with Crippen LogP contribution in [0.2, 0.25) is 0 Å². The van der Waals surface area contributed by atoms with Gasteiger partial charge in [0.25, 0.3) is 0 Å². The second-order valence-electron chi connectivity index (χ2n) is 20.8. The van der Waals surface area contributed by atoms with Gasteiger partial charge in [-0.15, -0.1) is 0 Å². The Bertz CT molecular complexity index is 1400. The van der Waals surface area contributed by atoms with Crippen LogP contribution in [0.25, 0.3) is 0 Å². The summed E-state index contributed by atoms with van der Waals surface area (Å²) in [7, 11) is 0. The molecule has 0 bridgehead atoms. The number of ether oxygens (including phenoxy) is 6. The molecule has 0 aliphatic carbocycles. The zero-order valence-electron chi connectivity index (χ0n) is 44.4. The topological polar surface area (TPSA) is 307 Å². The van der Waals surface area contributed by atoms with Crippen LogP contribution in [-0.2, 0) is 33.2 Å². The summed E-state index contributed by atoms with van der Waals surface area (Å²) in [6.45, 7) is 1.55. The average Bonchev–Trinajstić information content (AvgIpc) is 3.39. The second kappa shape index (κ2) is 39.0. The normalized spacial score (nSPS) is 31.8. The van der Waals surface area contributed by atoms with E-state index in [1.165, 1.54) is 128 Å². The summed E-state index contributed by atoms with van der Waals surface area (Å²) in [5.74, 6) is -0.282. The van der Waals surface area contributed by atoms with E-state index in [0.717, 1.165) is 32.1 Å². The summed E-state index contributed by atoms with van der Waals surface area (Å²) in [5, 5.41) is 119. The number of aliphatic hydroxyl groups excluding tert-OH is 11. The lowest BCUT2D eigenvalue weighted by Gasteiger charge is -2.48. The fourth-order valence-electron chi connectivity index (χ4n) is 9.82. The summed E-state index contributed by atoms with van der Waals surface area (Å²) >= 11 is 0. The number of hydrogen-bond donors (Lipinski definition) is 12. The van der Waals surface area contributed by atoms with E-state index in [-0.39, 0.29) is 18.9 Å². The smallest absolute Gasteiger partial charge is 0.220 e. The van der Waals surface area contributed by atoms with Crippen LogP contribution in [-0.4, -0.2) is 193 Å². The van der Waals surface area contributed by atoms with Gasteiger partial charge in [-0.25, -0.2) is 0 Å². The Hall–Kier alpha value is -1.47. The lowest BCUT2D eigenvalue weighted by Crippen LogP contribution is -2.66. The maximum Gasteiger partial charge on any atom is 0.220 e. The van der Waals surface area contributed by atoms with Crippen molar-refractivity contribution in [1.82, 2.24) is 5.32 Å². The SMILES string of the molecule is CCCC/C=C/C(O)C(COC1OC(CO)C(OC2OC(CO)C(OC3OC(CO)C(O)C(O)C3O)C(O)C2O)C(O)C1O)NC(=O)CCCCCCCCCCCCCCCCCCCCCCCCCC. The molecule has 3 heterocycles. The van der Waals surface area contributed by atoms with Crippen LogP contribution in [0.1, 0.15) is 194 Å². The van der Waals surface area contributed by atoms with Crippen molar-refractivity contribution in [3.8, 4) is 0 Å². The van der Waals surface area contributed by atoms with Gasteiger partial charge in [-0.05, 0) is 12.8 Å². The standard InChI is InChI=1S/C54H101NO18/c1-3-5-7-9-10-11-12-13-14-15-16-17-18-19-20-21-22-23-24-25-26-27-28-30-32-42(60)55-37(38(59)31-29-8-6-4-2)36-68-52-48(66)45(63)50(40(34-57)70-52)73-54-49(67)46(64)51(41(35-58)71-54)72-53-47(65)44(62)43(61)39(33-56)69-53/h29,31,37-41,43-54,56-59,61-67H,3-28,30,32-36H2,1-2H3,(H,55,60)/b31-29+. The molecule has 3 fully saturated rings. The van der Waals surface area contributed by atoms with Crippen LogP contribution in [0.4, 0.5) is 0 Å². The molecule has 0 aromatic heterocycles. The predicted molar refractivity (Wildman–Crippen MR) is 273 cm³/mol. The first kappa shape index (κ1) is 65.8. The van der Waals surface area contributed by atoms with Crippen molar-refractivity contribution >= 4 is 5.91 Å². The monoisotopic (exact) mass is 1050 g/mol. The Morgan fingerprint density at radius 1 is 0.479 bits per heavy atom. The molecule has 19 heteroatoms. The number of unbranched alkanes of at least 4 members (excludes halogenated alkanes) is 25. The highest BCUT2D eigenvalue weighted by atomic mass is 16.8. The second-order valence-corrected chi connectivity index (χ2v) is 20.8. The molecule has 430 valence electrons. The van der Waals surface area contributed by atoms with Crippen molar-refractivity contribution in [1.29, 1.82) is 0 Å². The molecule has 3 aliphatic heterocycles. The first-order chi connectivity index (χ1) is 35.3. The highest BCUT2D eigenvalue weighted by Crippen LogP contribution is 2.33. The van der Waals surface area contributed by atoms with E-state index in [9.17, 15) is 61.0 Å². The van der Waals surface area contributed by atoms with Gasteiger partial charge in [-0.1, -0.05) is 187 Å². The van der Waals surface area contributed by atoms with Crippen LogP contribution in [0.3, 0.4) is 0 Å². The third-order valence-corrected chi connectivity index (χ3v) is 14.6. The van der Waals surface area contributed by atoms with Gasteiger partial charge in [0.15, 0.2) is 18.9 Å². The molecule has 17 unspecified atom stereocenters. The number of aliphatic hydroxyl groups is 11. The number of amides is 1. The van der Waals surface area contributed by atoms with Gasteiger partial charge in [-0.3, -0.25) is 4.79 Å². The largest absolute Gasteiger partial charge is 0.394 e. The summed E-state index contributed by atoms with van der Waals surface area (Å²) in [5.41, 5.74) is 0. The molecular weight excluding hydrogens is 951 g/mol. The molecule has 0 spiro atoms. The van der Waals surface area contributed by atoms with Gasteiger partial charge in [0.2, 0.25) is 5.91 Å². The average molecular weight is 1050 g/mol. The first-order valence-corrected chi connectivity index (χ1v) is 28.4. The van der Waals surface area contributed by atoms with Crippen molar-refractivity contribution in [2.75, 3.05) is 26.4 Å². The highest BCUT2D eigenvalue weighted by molar-refractivity contribution is 5.76. The summed E-state index contributed by atoms with van der Waals surface area (Å²) < 4.78 is 34.0. The van der Waals surface area contributed by atoms with E-state index in [2.05, 4.69) is 12.2 Å². The molecule has 17 atom stereocenters. The summed E-state index contributed by atoms with van der Waals surface area (Å²) in [4.78, 5) is 13.1. The highest BCUT2D eigenvalue weighted by Gasteiger charge is 2.53. The number of nitrogens with one attached hydrogen (secondary N) is 1. The number of carbonyl (C=O) groups excluding carboxylic acids is 1. The van der Waals surface area contributed by atoms with Gasteiger partial charge in [0, 0.05) is 6.42 Å². The van der Waals surface area contributed by atoms with Gasteiger partial charge < -0.3 is 89.9 Å². The lowest BCUT2D eigenvalue weighted by molar-refractivity contribution is -0.379. The van der Waals surface area contributed by atoms with Crippen LogP contribution in [0.15, 0.2) is 12.2 Å². The van der Waals surface area contributed by atoms with Gasteiger partial charge in [0.05, 0.1) is 38.6 Å². The molecule has 19 nitrogen and oxygen atoms in total. The molecule has 3 rings (SSSR count). The molecule has 0 aromatic rings. The van der Waals surface area contributed by atoms with Crippen molar-refractivity contribution < 1.29 is 89.4 Å². The molecule has 12 N–H and O–H groups in total. The van der Waals surface area contributed by atoms with Crippen LogP contribution < -0.4 is 5.32 Å². The summed E-state index contributed by atoms with van der Waals surface area (Å²) in [6.07, 6.45) is 10.3. The van der Waals surface area contributed by atoms with Crippen LogP contribution >= 0.6 is 0 Å². The first-order valence-electron chi connectivity index (χ1n) is 28.4. The Morgan fingerprint density at radius 2 is 0.849 bits per heavy atom. The maximum atomic E-state index is 13.1. The van der Waals surface area contributed by atoms with E-state index in [1.807, 2.05) is 13.0 Å². The Kier molecular flexibility index (Phi) is 35.1. The number of hydrogen-bond acceptors (Lipinski definition) is 18. The minimum absolute atomic E-state index is 0.246. The number of allylic oxidation sites excluding steroid dienone is 1. The third kappa shape index (κ3) is 24.0. The maximum absolute atomic E-state index is 13.1. The van der Waals surface area contributed by atoms with E-state index in [1.54, 1.807) is 6.08 Å². The summed E-state index contributed by atoms with van der Waals surface area (Å²) in [6, 6.07) is -0.963. The molecule has 3 aliphatic rings. The number of carbonyl (C=O) groups is 1. The van der Waals surface area contributed by atoms with E-state index >= 15 is 0 Å². The van der Waals surface area contributed by atoms with E-state index < -0.39 is 124 Å². The third-order valence-electron chi connectivity index (χ3n) is 14.6. The molecule has 1 amide bonds. The van der Waals surface area contributed by atoms with Crippen molar-refractivity contribution in [3.63, 3.8) is 0 Å². The van der Waals surface area contributed by atoms with E-state index in [4.69, 9.17) is 28.4 Å². The van der Waals surface area contributed by atoms with Gasteiger partial charge in [-0.2, -0.15) is 0 Å². The molecule has 73 heavy (non-hydrogen) atoms. The molecule has 0 aromatic carbocycles. The molecule has 0 saturated carbocycles.